The summed E-state index contributed by atoms with van der Waals surface area (Å²) in [6.07, 6.45) is 4.93. The van der Waals surface area contributed by atoms with Crippen molar-refractivity contribution in [1.29, 1.82) is 5.26 Å². The highest BCUT2D eigenvalue weighted by molar-refractivity contribution is 6.31. The van der Waals surface area contributed by atoms with Gasteiger partial charge in [0.05, 0.1) is 28.3 Å². The molecule has 3 amide bonds. The zero-order chi connectivity index (χ0) is 42.9. The Bertz CT molecular complexity index is 2290. The van der Waals surface area contributed by atoms with Crippen molar-refractivity contribution in [2.45, 2.75) is 76.5 Å². The number of carbonyl (C=O) groups excluding carboxylic acids is 5. The molecule has 16 heteroatoms. The van der Waals surface area contributed by atoms with Crippen LogP contribution in [-0.4, -0.2) is 102 Å². The zero-order valence-electron chi connectivity index (χ0n) is 34.0. The van der Waals surface area contributed by atoms with Gasteiger partial charge in [-0.05, 0) is 100 Å². The quantitative estimate of drug-likeness (QED) is 0.145. The molecule has 3 atom stereocenters. The molecule has 0 radical (unpaired) electrons. The van der Waals surface area contributed by atoms with Crippen molar-refractivity contribution in [2.75, 3.05) is 49.1 Å². The van der Waals surface area contributed by atoms with Crippen LogP contribution in [0.25, 0.3) is 0 Å². The number of benzene rings is 2. The number of anilines is 2. The highest BCUT2D eigenvalue weighted by Gasteiger charge is 2.43. The maximum absolute atomic E-state index is 15.7. The first-order valence-corrected chi connectivity index (χ1v) is 21.4. The number of Topliss-reactive ketones (excluding diaryl/α,β-unsaturated/α-hetero) is 2. The van der Waals surface area contributed by atoms with Gasteiger partial charge in [0, 0.05) is 80.5 Å². The lowest BCUT2D eigenvalue weighted by Crippen LogP contribution is -2.45. The summed E-state index contributed by atoms with van der Waals surface area (Å²) in [5.41, 5.74) is 0.829. The molecule has 3 unspecified atom stereocenters. The van der Waals surface area contributed by atoms with E-state index in [1.807, 2.05) is 17.0 Å². The Morgan fingerprint density at radius 3 is 2.26 bits per heavy atom. The van der Waals surface area contributed by atoms with Crippen molar-refractivity contribution in [2.24, 2.45) is 17.8 Å². The van der Waals surface area contributed by atoms with Crippen LogP contribution >= 0.6 is 11.6 Å². The number of amides is 3. The van der Waals surface area contributed by atoms with E-state index in [0.717, 1.165) is 76.6 Å². The minimum Gasteiger partial charge on any atom is -0.490 e. The molecule has 1 aliphatic carbocycles. The number of aromatic nitrogens is 2. The van der Waals surface area contributed by atoms with E-state index in [4.69, 9.17) is 21.6 Å². The number of halogens is 2. The number of nitrogens with zero attached hydrogens (tertiary/aromatic N) is 6. The minimum atomic E-state index is -0.922. The fourth-order valence-electron chi connectivity index (χ4n) is 9.68. The number of rotatable bonds is 11. The lowest BCUT2D eigenvalue weighted by molar-refractivity contribution is -0.135. The second-order valence-electron chi connectivity index (χ2n) is 17.0. The molecular weight excluding hydrogens is 803 g/mol. The van der Waals surface area contributed by atoms with E-state index < -0.39 is 35.1 Å². The molecule has 4 aliphatic heterocycles. The molecule has 4 saturated heterocycles. The molecule has 14 nitrogen and oxygen atoms in total. The first kappa shape index (κ1) is 42.0. The molecule has 318 valence electrons. The topological polar surface area (TPSA) is 178 Å². The number of carbonyl (C=O) groups is 5. The van der Waals surface area contributed by atoms with Crippen LogP contribution in [0, 0.1) is 34.9 Å². The fourth-order valence-corrected chi connectivity index (χ4v) is 9.89. The third kappa shape index (κ3) is 9.02. The Labute approximate surface area is 358 Å². The van der Waals surface area contributed by atoms with Crippen LogP contribution in [0.15, 0.2) is 54.6 Å². The molecule has 1 aromatic heterocycles. The second kappa shape index (κ2) is 17.7. The normalized spacial score (nSPS) is 24.5. The van der Waals surface area contributed by atoms with Gasteiger partial charge in [-0.25, -0.2) is 4.39 Å². The lowest BCUT2D eigenvalue weighted by Gasteiger charge is -2.38. The van der Waals surface area contributed by atoms with E-state index in [1.54, 1.807) is 24.3 Å². The van der Waals surface area contributed by atoms with Crippen molar-refractivity contribution in [3.63, 3.8) is 0 Å². The van der Waals surface area contributed by atoms with Crippen molar-refractivity contribution in [3.05, 3.63) is 87.8 Å². The molecule has 0 spiro atoms. The molecule has 0 bridgehead atoms. The largest absolute Gasteiger partial charge is 0.490 e. The first-order valence-electron chi connectivity index (χ1n) is 21.0. The molecule has 2 N–H and O–H groups in total. The van der Waals surface area contributed by atoms with Crippen LogP contribution in [0.4, 0.5) is 15.9 Å². The molecule has 5 aliphatic rings. The summed E-state index contributed by atoms with van der Waals surface area (Å²) in [6, 6.07) is 13.6. The number of hydrogen-bond donors (Lipinski definition) is 2. The van der Waals surface area contributed by atoms with Crippen LogP contribution < -0.4 is 25.2 Å². The SMILES string of the molecule is C=C(C(=O)c1cc(F)c(N2CCC(N3CC4CN(c5ccc(C(=O)N[C@H]6CC[C@H](Oc7ccc(C#N)c(Cl)c7)CC6)nn5)CC4C3)CC2)cc1C(C)=O)C1CCC(=O)NC1=O. The Balaban J connectivity index is 0.791. The lowest BCUT2D eigenvalue weighted by atomic mass is 9.85. The Morgan fingerprint density at radius 1 is 0.918 bits per heavy atom. The van der Waals surface area contributed by atoms with Crippen molar-refractivity contribution < 1.29 is 33.1 Å². The minimum absolute atomic E-state index is 0.00414. The maximum Gasteiger partial charge on any atom is 0.272 e. The Morgan fingerprint density at radius 2 is 1.64 bits per heavy atom. The standard InChI is InChI=1S/C45H48ClFN8O6/c1-25(34-9-12-42(57)50-44(34)59)43(58)36-18-38(47)40(19-35(36)26(2)56)53-15-13-31(14-16-53)54-21-28-23-55(24-29(28)22-54)41-11-10-39(51-52-41)45(60)49-30-4-7-32(8-5-30)61-33-6-3-27(20-48)37(46)17-33/h3,6,10-11,17-19,28-32,34H,1,4-5,7-9,12-16,21-24H2,2H3,(H,49,60)(H,50,57,59)/t28?,29?,30-,32-,34?. The molecule has 5 heterocycles. The summed E-state index contributed by atoms with van der Waals surface area (Å²) < 4.78 is 21.8. The van der Waals surface area contributed by atoms with E-state index >= 15 is 4.39 Å². The summed E-state index contributed by atoms with van der Waals surface area (Å²) in [6.45, 7) is 9.90. The van der Waals surface area contributed by atoms with Crippen molar-refractivity contribution >= 4 is 52.4 Å². The summed E-state index contributed by atoms with van der Waals surface area (Å²) in [5, 5.41) is 23.5. The van der Waals surface area contributed by atoms with Gasteiger partial charge in [0.1, 0.15) is 17.6 Å². The number of hydrogen-bond acceptors (Lipinski definition) is 12. The highest BCUT2D eigenvalue weighted by Crippen LogP contribution is 2.37. The van der Waals surface area contributed by atoms with E-state index in [9.17, 15) is 24.0 Å². The molecular formula is C45H48ClFN8O6. The third-order valence-electron chi connectivity index (χ3n) is 13.1. The number of likely N-dealkylation sites (tertiary alicyclic amines) is 1. The number of fused-ring (bicyclic) bond motifs is 1. The zero-order valence-corrected chi connectivity index (χ0v) is 34.8. The van der Waals surface area contributed by atoms with Gasteiger partial charge in [0.2, 0.25) is 11.8 Å². The average molecular weight is 851 g/mol. The average Bonchev–Trinajstić information content (AvgIpc) is 3.84. The molecule has 1 saturated carbocycles. The van der Waals surface area contributed by atoms with Gasteiger partial charge in [-0.1, -0.05) is 18.2 Å². The number of ether oxygens (including phenoxy) is 1. The van der Waals surface area contributed by atoms with E-state index in [2.05, 4.69) is 37.2 Å². The van der Waals surface area contributed by atoms with E-state index in [0.29, 0.717) is 47.3 Å². The van der Waals surface area contributed by atoms with E-state index in [-0.39, 0.29) is 59.0 Å². The molecule has 8 rings (SSSR count). The monoisotopic (exact) mass is 850 g/mol. The van der Waals surface area contributed by atoms with Crippen molar-refractivity contribution in [3.8, 4) is 11.8 Å². The predicted octanol–water partition coefficient (Wildman–Crippen LogP) is 5.29. The number of ketones is 2. The Hall–Kier alpha value is -5.72. The summed E-state index contributed by atoms with van der Waals surface area (Å²) in [5.74, 6) is -1.59. The number of nitriles is 1. The molecule has 2 aromatic carbocycles. The molecule has 5 fully saturated rings. The smallest absolute Gasteiger partial charge is 0.272 e. The van der Waals surface area contributed by atoms with Gasteiger partial charge in [0.25, 0.3) is 5.91 Å². The second-order valence-corrected chi connectivity index (χ2v) is 17.4. The van der Waals surface area contributed by atoms with Gasteiger partial charge in [-0.3, -0.25) is 34.2 Å². The van der Waals surface area contributed by atoms with Gasteiger partial charge >= 0.3 is 0 Å². The van der Waals surface area contributed by atoms with Gasteiger partial charge in [-0.2, -0.15) is 5.26 Å². The van der Waals surface area contributed by atoms with Gasteiger partial charge in [-0.15, -0.1) is 10.2 Å². The van der Waals surface area contributed by atoms with Crippen LogP contribution in [-0.2, 0) is 9.59 Å². The van der Waals surface area contributed by atoms with Crippen molar-refractivity contribution in [1.82, 2.24) is 25.7 Å². The third-order valence-corrected chi connectivity index (χ3v) is 13.4. The molecule has 3 aromatic rings. The van der Waals surface area contributed by atoms with Crippen LogP contribution in [0.2, 0.25) is 5.02 Å². The first-order chi connectivity index (χ1) is 29.3. The number of nitrogens with one attached hydrogen (secondary N) is 2. The van der Waals surface area contributed by atoms with Gasteiger partial charge < -0.3 is 19.9 Å². The van der Waals surface area contributed by atoms with Gasteiger partial charge in [0.15, 0.2) is 23.1 Å². The van der Waals surface area contributed by atoms with Crippen LogP contribution in [0.5, 0.6) is 5.75 Å². The predicted molar refractivity (Wildman–Crippen MR) is 224 cm³/mol. The fraction of sp³-hybridized carbons (Fsp3) is 0.467. The number of imide groups is 1. The number of piperidine rings is 2. The summed E-state index contributed by atoms with van der Waals surface area (Å²) in [4.78, 5) is 70.0. The van der Waals surface area contributed by atoms with Crippen LogP contribution in [0.3, 0.4) is 0 Å². The van der Waals surface area contributed by atoms with Crippen LogP contribution in [0.1, 0.15) is 95.1 Å². The summed E-state index contributed by atoms with van der Waals surface area (Å²) in [7, 11) is 0. The Kier molecular flexibility index (Phi) is 12.2. The maximum atomic E-state index is 15.7. The van der Waals surface area contributed by atoms with E-state index in [1.165, 1.54) is 13.0 Å². The molecule has 61 heavy (non-hydrogen) atoms. The summed E-state index contributed by atoms with van der Waals surface area (Å²) >= 11 is 6.15. The highest BCUT2D eigenvalue weighted by atomic mass is 35.5.